The first-order valence-corrected chi connectivity index (χ1v) is 12.8. The smallest absolute Gasteiger partial charge is 0.262 e. The van der Waals surface area contributed by atoms with Gasteiger partial charge in [-0.25, -0.2) is 8.42 Å². The summed E-state index contributed by atoms with van der Waals surface area (Å²) in [5.74, 6) is 0.626. The molecule has 0 aromatic heterocycles. The maximum Gasteiger partial charge on any atom is 0.262 e. The van der Waals surface area contributed by atoms with Gasteiger partial charge in [-0.1, -0.05) is 30.3 Å². The number of benzene rings is 3. The van der Waals surface area contributed by atoms with E-state index in [0.29, 0.717) is 36.8 Å². The lowest BCUT2D eigenvalue weighted by Crippen LogP contribution is -2.24. The number of hydrogen-bond acceptors (Lipinski definition) is 6. The fourth-order valence-electron chi connectivity index (χ4n) is 3.75. The zero-order valence-electron chi connectivity index (χ0n) is 19.8. The quantitative estimate of drug-likeness (QED) is 0.495. The summed E-state index contributed by atoms with van der Waals surface area (Å²) >= 11 is 0. The normalized spacial score (nSPS) is 13.2. The van der Waals surface area contributed by atoms with E-state index in [9.17, 15) is 13.2 Å². The van der Waals surface area contributed by atoms with E-state index in [1.54, 1.807) is 24.3 Å². The molecule has 4 rings (SSSR count). The molecule has 3 aromatic carbocycles. The fraction of sp³-hybridized carbons (Fsp3) is 0.269. The van der Waals surface area contributed by atoms with Crippen LogP contribution in [0.3, 0.4) is 0 Å². The molecule has 0 bridgehead atoms. The molecule has 1 aliphatic heterocycles. The van der Waals surface area contributed by atoms with Gasteiger partial charge in [-0.3, -0.25) is 9.52 Å². The number of nitrogens with zero attached hydrogens (tertiary/aromatic N) is 1. The predicted molar refractivity (Wildman–Crippen MR) is 134 cm³/mol. The number of sulfonamides is 1. The Kier molecular flexibility index (Phi) is 7.57. The lowest BCUT2D eigenvalue weighted by Gasteiger charge is -2.15. The van der Waals surface area contributed by atoms with Crippen LogP contribution in [-0.2, 0) is 23.1 Å². The van der Waals surface area contributed by atoms with E-state index in [4.69, 9.17) is 9.47 Å². The highest BCUT2D eigenvalue weighted by atomic mass is 32.2. The van der Waals surface area contributed by atoms with Crippen LogP contribution in [-0.4, -0.2) is 46.5 Å². The third-order valence-electron chi connectivity index (χ3n) is 5.45. The minimum Gasteiger partial charge on any atom is -0.490 e. The number of rotatable bonds is 8. The molecule has 2 N–H and O–H groups in total. The number of fused-ring (bicyclic) bond motifs is 1. The third-order valence-corrected chi connectivity index (χ3v) is 6.83. The van der Waals surface area contributed by atoms with Crippen molar-refractivity contribution in [3.63, 3.8) is 0 Å². The summed E-state index contributed by atoms with van der Waals surface area (Å²) in [6.45, 7) is 2.12. The largest absolute Gasteiger partial charge is 0.490 e. The van der Waals surface area contributed by atoms with Crippen molar-refractivity contribution < 1.29 is 22.7 Å². The van der Waals surface area contributed by atoms with Crippen molar-refractivity contribution in [2.24, 2.45) is 0 Å². The van der Waals surface area contributed by atoms with E-state index in [1.807, 2.05) is 38.4 Å². The van der Waals surface area contributed by atoms with Gasteiger partial charge in [-0.2, -0.15) is 0 Å². The van der Waals surface area contributed by atoms with Crippen molar-refractivity contribution in [2.45, 2.75) is 24.4 Å². The summed E-state index contributed by atoms with van der Waals surface area (Å²) in [6, 6.07) is 18.8. The Balaban J connectivity index is 1.45. The zero-order chi connectivity index (χ0) is 24.8. The molecule has 1 amide bonds. The van der Waals surface area contributed by atoms with E-state index in [2.05, 4.69) is 14.9 Å². The van der Waals surface area contributed by atoms with Crippen molar-refractivity contribution in [2.75, 3.05) is 32.0 Å². The average molecular weight is 496 g/mol. The molecule has 3 aromatic rings. The summed E-state index contributed by atoms with van der Waals surface area (Å²) < 4.78 is 39.7. The van der Waals surface area contributed by atoms with Crippen molar-refractivity contribution in [1.29, 1.82) is 0 Å². The first-order chi connectivity index (χ1) is 16.8. The molecule has 0 spiro atoms. The van der Waals surface area contributed by atoms with Crippen LogP contribution in [0.4, 0.5) is 5.69 Å². The van der Waals surface area contributed by atoms with E-state index in [-0.39, 0.29) is 16.5 Å². The number of carbonyl (C=O) groups is 1. The molecule has 184 valence electrons. The Hall–Kier alpha value is -3.56. The van der Waals surface area contributed by atoms with Crippen LogP contribution in [0.5, 0.6) is 11.5 Å². The minimum absolute atomic E-state index is 0.0501. The SMILES string of the molecule is CN(C)Cc1ccccc1CNC(=O)c1cccc(NS(=O)(=O)c2ccc3c(c2)OCCCO3)c1. The highest BCUT2D eigenvalue weighted by Gasteiger charge is 2.19. The van der Waals surface area contributed by atoms with Gasteiger partial charge in [0.2, 0.25) is 0 Å². The molecule has 0 radical (unpaired) electrons. The highest BCUT2D eigenvalue weighted by molar-refractivity contribution is 7.92. The summed E-state index contributed by atoms with van der Waals surface area (Å²) in [4.78, 5) is 14.9. The summed E-state index contributed by atoms with van der Waals surface area (Å²) in [7, 11) is 0.0931. The summed E-state index contributed by atoms with van der Waals surface area (Å²) in [5, 5.41) is 2.93. The molecule has 0 unspecified atom stereocenters. The van der Waals surface area contributed by atoms with E-state index in [1.165, 1.54) is 18.2 Å². The second-order valence-electron chi connectivity index (χ2n) is 8.53. The van der Waals surface area contributed by atoms with E-state index < -0.39 is 10.0 Å². The number of nitrogens with one attached hydrogen (secondary N) is 2. The van der Waals surface area contributed by atoms with Crippen LogP contribution >= 0.6 is 0 Å². The van der Waals surface area contributed by atoms with E-state index >= 15 is 0 Å². The van der Waals surface area contributed by atoms with Crippen LogP contribution in [0.2, 0.25) is 0 Å². The van der Waals surface area contributed by atoms with Crippen LogP contribution in [0.25, 0.3) is 0 Å². The van der Waals surface area contributed by atoms with Crippen LogP contribution < -0.4 is 19.5 Å². The fourth-order valence-corrected chi connectivity index (χ4v) is 4.82. The maximum absolute atomic E-state index is 13.0. The molecule has 0 saturated carbocycles. The molecule has 9 heteroatoms. The van der Waals surface area contributed by atoms with Crippen LogP contribution in [0.1, 0.15) is 27.9 Å². The topological polar surface area (TPSA) is 97.0 Å². The van der Waals surface area contributed by atoms with E-state index in [0.717, 1.165) is 24.1 Å². The lowest BCUT2D eigenvalue weighted by atomic mass is 10.1. The van der Waals surface area contributed by atoms with Gasteiger partial charge in [0, 0.05) is 36.8 Å². The molecule has 8 nitrogen and oxygen atoms in total. The van der Waals surface area contributed by atoms with Gasteiger partial charge in [0.25, 0.3) is 15.9 Å². The van der Waals surface area contributed by atoms with Gasteiger partial charge in [0.15, 0.2) is 11.5 Å². The van der Waals surface area contributed by atoms with Crippen LogP contribution in [0, 0.1) is 0 Å². The molecular formula is C26H29N3O5S. The number of ether oxygens (including phenoxy) is 2. The van der Waals surface area contributed by atoms with Crippen LogP contribution in [0.15, 0.2) is 71.6 Å². The van der Waals surface area contributed by atoms with Gasteiger partial charge in [0.1, 0.15) is 0 Å². The standard InChI is InChI=1S/C26H29N3O5S/c1-29(2)18-21-8-4-3-7-20(21)17-27-26(30)19-9-5-10-22(15-19)28-35(31,32)23-11-12-24-25(16-23)34-14-6-13-33-24/h3-5,7-12,15-16,28H,6,13-14,17-18H2,1-2H3,(H,27,30). The molecule has 1 aliphatic rings. The molecule has 0 aliphatic carbocycles. The second kappa shape index (κ2) is 10.8. The van der Waals surface area contributed by atoms with Gasteiger partial charge in [0.05, 0.1) is 18.1 Å². The number of carbonyl (C=O) groups excluding carboxylic acids is 1. The van der Waals surface area contributed by atoms with Crippen molar-refractivity contribution in [3.05, 3.63) is 83.4 Å². The molecule has 0 atom stereocenters. The zero-order valence-corrected chi connectivity index (χ0v) is 20.6. The van der Waals surface area contributed by atoms with Crippen molar-refractivity contribution in [3.8, 4) is 11.5 Å². The molecule has 1 heterocycles. The Labute approximate surface area is 205 Å². The average Bonchev–Trinajstić information content (AvgIpc) is 3.08. The van der Waals surface area contributed by atoms with Gasteiger partial charge < -0.3 is 19.7 Å². The molecule has 0 fully saturated rings. The molecule has 0 saturated heterocycles. The predicted octanol–water partition coefficient (Wildman–Crippen LogP) is 3.64. The van der Waals surface area contributed by atoms with Gasteiger partial charge in [-0.15, -0.1) is 0 Å². The monoisotopic (exact) mass is 495 g/mol. The number of amides is 1. The first kappa shape index (κ1) is 24.6. The van der Waals surface area contributed by atoms with Crippen molar-refractivity contribution >= 4 is 21.6 Å². The number of hydrogen-bond donors (Lipinski definition) is 2. The molecule has 35 heavy (non-hydrogen) atoms. The van der Waals surface area contributed by atoms with Gasteiger partial charge >= 0.3 is 0 Å². The second-order valence-corrected chi connectivity index (χ2v) is 10.2. The third kappa shape index (κ3) is 6.32. The lowest BCUT2D eigenvalue weighted by molar-refractivity contribution is 0.0951. The minimum atomic E-state index is -3.90. The number of anilines is 1. The summed E-state index contributed by atoms with van der Waals surface area (Å²) in [6.07, 6.45) is 0.727. The van der Waals surface area contributed by atoms with Gasteiger partial charge in [-0.05, 0) is 55.6 Å². The first-order valence-electron chi connectivity index (χ1n) is 11.3. The maximum atomic E-state index is 13.0. The highest BCUT2D eigenvalue weighted by Crippen LogP contribution is 2.32. The Morgan fingerprint density at radius 1 is 0.914 bits per heavy atom. The Bertz CT molecular complexity index is 1310. The summed E-state index contributed by atoms with van der Waals surface area (Å²) in [5.41, 5.74) is 2.81. The Morgan fingerprint density at radius 2 is 1.66 bits per heavy atom. The Morgan fingerprint density at radius 3 is 2.43 bits per heavy atom. The molecular weight excluding hydrogens is 466 g/mol. The van der Waals surface area contributed by atoms with Crippen molar-refractivity contribution in [1.82, 2.24) is 10.2 Å².